The van der Waals surface area contributed by atoms with Crippen molar-refractivity contribution in [2.24, 2.45) is 0 Å². The van der Waals surface area contributed by atoms with Crippen LogP contribution < -0.4 is 10.1 Å². The second-order valence-corrected chi connectivity index (χ2v) is 6.94. The van der Waals surface area contributed by atoms with Crippen LogP contribution in [0.2, 0.25) is 0 Å². The predicted octanol–water partition coefficient (Wildman–Crippen LogP) is 5.18. The first-order valence-corrected chi connectivity index (χ1v) is 9.45. The third kappa shape index (κ3) is 5.60. The van der Waals surface area contributed by atoms with Gasteiger partial charge in [0, 0.05) is 35.5 Å². The number of nitrogens with one attached hydrogen (secondary N) is 1. The minimum Gasteiger partial charge on any atom is -0.496 e. The number of pyridine rings is 1. The van der Waals surface area contributed by atoms with Gasteiger partial charge in [0.15, 0.2) is 0 Å². The van der Waals surface area contributed by atoms with E-state index >= 15 is 0 Å². The van der Waals surface area contributed by atoms with Crippen LogP contribution in [0, 0.1) is 0 Å². The molecule has 174 valence electrons. The summed E-state index contributed by atoms with van der Waals surface area (Å²) in [5.41, 5.74) is 0.205. The van der Waals surface area contributed by atoms with Gasteiger partial charge in [-0.15, -0.1) is 0 Å². The maximum Gasteiger partial charge on any atom is 0.450 e. The van der Waals surface area contributed by atoms with Crippen molar-refractivity contribution in [2.45, 2.75) is 18.8 Å². The van der Waals surface area contributed by atoms with Crippen molar-refractivity contribution in [3.05, 3.63) is 59.7 Å². The number of ether oxygens (including phenoxy) is 1. The highest BCUT2D eigenvalue weighted by Gasteiger charge is 2.37. The average Bonchev–Trinajstić information content (AvgIpc) is 2.76. The maximum atomic E-state index is 12.8. The summed E-state index contributed by atoms with van der Waals surface area (Å²) in [4.78, 5) is 27.6. The Hall–Kier alpha value is -3.63. The number of carbonyl (C=O) groups excluding carboxylic acids is 2. The quantitative estimate of drug-likeness (QED) is 0.504. The topological polar surface area (TPSA) is 68.3 Å². The fourth-order valence-electron chi connectivity index (χ4n) is 3.02. The average molecular weight is 470 g/mol. The zero-order valence-electron chi connectivity index (χ0n) is 17.0. The van der Waals surface area contributed by atoms with Crippen molar-refractivity contribution in [1.82, 2.24) is 10.3 Å². The molecular weight excluding hydrogens is 454 g/mol. The van der Waals surface area contributed by atoms with Gasteiger partial charge in [0.2, 0.25) is 5.78 Å². The van der Waals surface area contributed by atoms with Crippen molar-refractivity contribution in [1.29, 1.82) is 0 Å². The van der Waals surface area contributed by atoms with Gasteiger partial charge in [-0.2, -0.15) is 26.3 Å². The molecule has 5 nitrogen and oxygen atoms in total. The van der Waals surface area contributed by atoms with E-state index in [0.717, 1.165) is 12.1 Å². The van der Waals surface area contributed by atoms with E-state index in [9.17, 15) is 35.9 Å². The maximum absolute atomic E-state index is 12.8. The SMILES string of the molecule is COc1cc(-c2ccc(C(F)(F)F)cc2)nc2cc(C(=O)NCCC(=O)C(F)(F)F)ccc12. The predicted molar refractivity (Wildman–Crippen MR) is 107 cm³/mol. The van der Waals surface area contributed by atoms with Crippen molar-refractivity contribution in [3.8, 4) is 17.0 Å². The molecule has 0 saturated carbocycles. The third-order valence-corrected chi connectivity index (χ3v) is 4.72. The lowest BCUT2D eigenvalue weighted by atomic mass is 10.0. The lowest BCUT2D eigenvalue weighted by Crippen LogP contribution is -2.30. The van der Waals surface area contributed by atoms with Gasteiger partial charge in [0.1, 0.15) is 5.75 Å². The Bertz CT molecular complexity index is 1190. The van der Waals surface area contributed by atoms with E-state index in [2.05, 4.69) is 10.3 Å². The number of rotatable bonds is 6. The van der Waals surface area contributed by atoms with Crippen LogP contribution in [-0.2, 0) is 11.0 Å². The van der Waals surface area contributed by atoms with Crippen LogP contribution in [0.4, 0.5) is 26.3 Å². The fourth-order valence-corrected chi connectivity index (χ4v) is 3.02. The minimum atomic E-state index is -4.97. The van der Waals surface area contributed by atoms with Crippen molar-refractivity contribution < 1.29 is 40.7 Å². The summed E-state index contributed by atoms with van der Waals surface area (Å²) < 4.78 is 80.6. The highest BCUT2D eigenvalue weighted by Crippen LogP contribution is 2.33. The van der Waals surface area contributed by atoms with Crippen LogP contribution in [-0.4, -0.2) is 36.5 Å². The first-order chi connectivity index (χ1) is 15.4. The van der Waals surface area contributed by atoms with E-state index in [1.54, 1.807) is 0 Å². The second-order valence-electron chi connectivity index (χ2n) is 6.94. The van der Waals surface area contributed by atoms with Crippen LogP contribution in [0.15, 0.2) is 48.5 Å². The number of Topliss-reactive ketones (excluding diaryl/α,β-unsaturated/α-hetero) is 1. The standard InChI is InChI=1S/C22H16F6N2O3/c1-33-18-11-16(12-2-5-14(6-3-12)21(23,24)25)30-17-10-13(4-7-15(17)18)20(32)29-9-8-19(31)22(26,27)28/h2-7,10-11H,8-9H2,1H3,(H,29,32). The van der Waals surface area contributed by atoms with Crippen molar-refractivity contribution in [3.63, 3.8) is 0 Å². The van der Waals surface area contributed by atoms with Crippen molar-refractivity contribution >= 4 is 22.6 Å². The molecule has 0 aliphatic heterocycles. The lowest BCUT2D eigenvalue weighted by Gasteiger charge is -2.12. The van der Waals surface area contributed by atoms with Gasteiger partial charge in [-0.3, -0.25) is 9.59 Å². The fraction of sp³-hybridized carbons (Fsp3) is 0.227. The molecule has 11 heteroatoms. The Kier molecular flexibility index (Phi) is 6.61. The number of hydrogen-bond donors (Lipinski definition) is 1. The number of fused-ring (bicyclic) bond motifs is 1. The summed E-state index contributed by atoms with van der Waals surface area (Å²) in [6, 6.07) is 10.2. The van der Waals surface area contributed by atoms with E-state index in [1.165, 1.54) is 43.5 Å². The molecule has 1 amide bonds. The van der Waals surface area contributed by atoms with Gasteiger partial charge in [-0.25, -0.2) is 4.98 Å². The molecule has 1 heterocycles. The molecule has 0 bridgehead atoms. The van der Waals surface area contributed by atoms with Crippen LogP contribution in [0.1, 0.15) is 22.3 Å². The number of ketones is 1. The molecule has 33 heavy (non-hydrogen) atoms. The first-order valence-electron chi connectivity index (χ1n) is 9.45. The Balaban J connectivity index is 1.87. The summed E-state index contributed by atoms with van der Waals surface area (Å²) in [7, 11) is 1.39. The molecule has 1 aromatic heterocycles. The molecule has 0 unspecified atom stereocenters. The van der Waals surface area contributed by atoms with Gasteiger partial charge >= 0.3 is 12.4 Å². The number of aromatic nitrogens is 1. The number of hydrogen-bond acceptors (Lipinski definition) is 4. The van der Waals surface area contributed by atoms with Crippen LogP contribution >= 0.6 is 0 Å². The Labute approximate surface area is 183 Å². The number of methoxy groups -OCH3 is 1. The third-order valence-electron chi connectivity index (χ3n) is 4.72. The minimum absolute atomic E-state index is 0.0704. The highest BCUT2D eigenvalue weighted by molar-refractivity contribution is 5.99. The molecule has 0 atom stereocenters. The molecule has 0 spiro atoms. The molecule has 2 aromatic carbocycles. The van der Waals surface area contributed by atoms with Crippen LogP contribution in [0.25, 0.3) is 22.2 Å². The molecule has 3 rings (SSSR count). The summed E-state index contributed by atoms with van der Waals surface area (Å²) in [5, 5.41) is 2.75. The van der Waals surface area contributed by atoms with E-state index in [-0.39, 0.29) is 11.1 Å². The van der Waals surface area contributed by atoms with E-state index in [0.29, 0.717) is 22.4 Å². The van der Waals surface area contributed by atoms with Gasteiger partial charge < -0.3 is 10.1 Å². The van der Waals surface area contributed by atoms with E-state index < -0.39 is 42.6 Å². The zero-order valence-corrected chi connectivity index (χ0v) is 17.0. The summed E-state index contributed by atoms with van der Waals surface area (Å²) in [5.74, 6) is -2.31. The van der Waals surface area contributed by atoms with Gasteiger partial charge in [-0.1, -0.05) is 12.1 Å². The Morgan fingerprint density at radius 2 is 1.64 bits per heavy atom. The van der Waals surface area contributed by atoms with E-state index in [1.807, 2.05) is 0 Å². The first kappa shape index (κ1) is 24.0. The molecule has 0 radical (unpaired) electrons. The number of carbonyl (C=O) groups is 2. The molecule has 0 aliphatic rings. The number of halogens is 6. The molecular formula is C22H16F6N2O3. The smallest absolute Gasteiger partial charge is 0.450 e. The number of nitrogens with zero attached hydrogens (tertiary/aromatic N) is 1. The number of amides is 1. The van der Waals surface area contributed by atoms with Gasteiger partial charge in [0.25, 0.3) is 5.91 Å². The summed E-state index contributed by atoms with van der Waals surface area (Å²) >= 11 is 0. The second kappa shape index (κ2) is 9.08. The van der Waals surface area contributed by atoms with Crippen LogP contribution in [0.3, 0.4) is 0 Å². The molecule has 0 saturated heterocycles. The molecule has 0 fully saturated rings. The van der Waals surface area contributed by atoms with Gasteiger partial charge in [-0.05, 0) is 30.3 Å². The number of benzene rings is 2. The normalized spacial score (nSPS) is 12.0. The lowest BCUT2D eigenvalue weighted by molar-refractivity contribution is -0.170. The largest absolute Gasteiger partial charge is 0.496 e. The van der Waals surface area contributed by atoms with E-state index in [4.69, 9.17) is 4.74 Å². The Morgan fingerprint density at radius 3 is 2.21 bits per heavy atom. The molecule has 0 aliphatic carbocycles. The van der Waals surface area contributed by atoms with Crippen LogP contribution in [0.5, 0.6) is 5.75 Å². The van der Waals surface area contributed by atoms with Gasteiger partial charge in [0.05, 0.1) is 23.9 Å². The monoisotopic (exact) mass is 470 g/mol. The van der Waals surface area contributed by atoms with Crippen molar-refractivity contribution in [2.75, 3.05) is 13.7 Å². The number of alkyl halides is 6. The highest BCUT2D eigenvalue weighted by atomic mass is 19.4. The summed E-state index contributed by atoms with van der Waals surface area (Å²) in [6.07, 6.45) is -10.4. The Morgan fingerprint density at radius 1 is 0.970 bits per heavy atom. The zero-order chi connectivity index (χ0) is 24.4. The summed E-state index contributed by atoms with van der Waals surface area (Å²) in [6.45, 7) is -0.502. The molecule has 1 N–H and O–H groups in total. The molecule has 3 aromatic rings.